The molecular formula is C24H26N2O3S. The minimum atomic E-state index is -0.763. The molecule has 2 aliphatic rings. The maximum Gasteiger partial charge on any atom is 0.321 e. The lowest BCUT2D eigenvalue weighted by atomic mass is 10.1. The zero-order chi connectivity index (χ0) is 20.9. The van der Waals surface area contributed by atoms with Crippen LogP contribution in [0.25, 0.3) is 0 Å². The molecule has 0 saturated carbocycles. The Morgan fingerprint density at radius 1 is 1.00 bits per heavy atom. The Morgan fingerprint density at radius 3 is 2.20 bits per heavy atom. The van der Waals surface area contributed by atoms with E-state index in [1.54, 1.807) is 11.8 Å². The second kappa shape index (κ2) is 9.39. The van der Waals surface area contributed by atoms with Gasteiger partial charge in [-0.15, -0.1) is 11.8 Å². The van der Waals surface area contributed by atoms with Gasteiger partial charge in [-0.3, -0.25) is 4.79 Å². The number of carbonyl (C=O) groups excluding carboxylic acids is 1. The molecule has 4 rings (SSSR count). The highest BCUT2D eigenvalue weighted by Crippen LogP contribution is 2.43. The van der Waals surface area contributed by atoms with Gasteiger partial charge in [0.05, 0.1) is 12.1 Å². The molecule has 2 saturated heterocycles. The van der Waals surface area contributed by atoms with Crippen LogP contribution in [0.5, 0.6) is 0 Å². The van der Waals surface area contributed by atoms with Gasteiger partial charge in [0, 0.05) is 30.2 Å². The Bertz CT molecular complexity index is 917. The molecule has 2 aromatic rings. The highest BCUT2D eigenvalue weighted by Gasteiger charge is 2.50. The molecule has 2 heterocycles. The number of carbonyl (C=O) groups is 2. The molecule has 0 spiro atoms. The van der Waals surface area contributed by atoms with E-state index in [4.69, 9.17) is 5.11 Å². The SMILES string of the molecule is O=C(O)CCCC=C1SC[C@@H]2[C@H]1N(Cc1ccccc1)C(=O)N2Cc1ccccc1. The first-order valence-electron chi connectivity index (χ1n) is 10.3. The van der Waals surface area contributed by atoms with Crippen molar-refractivity contribution in [1.29, 1.82) is 0 Å². The van der Waals surface area contributed by atoms with E-state index in [0.29, 0.717) is 19.5 Å². The van der Waals surface area contributed by atoms with Crippen molar-refractivity contribution in [2.24, 2.45) is 0 Å². The smallest absolute Gasteiger partial charge is 0.321 e. The van der Waals surface area contributed by atoms with Gasteiger partial charge in [0.25, 0.3) is 0 Å². The zero-order valence-electron chi connectivity index (χ0n) is 16.8. The Balaban J connectivity index is 1.56. The molecule has 1 N–H and O–H groups in total. The molecule has 0 bridgehead atoms. The summed E-state index contributed by atoms with van der Waals surface area (Å²) in [6, 6.07) is 20.5. The van der Waals surface area contributed by atoms with Crippen molar-refractivity contribution in [3.05, 3.63) is 82.8 Å². The van der Waals surface area contributed by atoms with E-state index in [9.17, 15) is 9.59 Å². The van der Waals surface area contributed by atoms with Crippen molar-refractivity contribution in [2.45, 2.75) is 44.4 Å². The molecule has 2 fully saturated rings. The fourth-order valence-electron chi connectivity index (χ4n) is 4.18. The average Bonchev–Trinajstić information content (AvgIpc) is 3.27. The summed E-state index contributed by atoms with van der Waals surface area (Å²) in [6.45, 7) is 1.19. The monoisotopic (exact) mass is 422 g/mol. The number of unbranched alkanes of at least 4 members (excludes halogenated alkanes) is 1. The number of aliphatic carboxylic acids is 1. The Hall–Kier alpha value is -2.73. The van der Waals surface area contributed by atoms with Crippen LogP contribution in [0.15, 0.2) is 71.6 Å². The molecular weight excluding hydrogens is 396 g/mol. The van der Waals surface area contributed by atoms with E-state index >= 15 is 0 Å². The number of thioether (sulfide) groups is 1. The first-order chi connectivity index (χ1) is 14.6. The van der Waals surface area contributed by atoms with Crippen molar-refractivity contribution < 1.29 is 14.7 Å². The van der Waals surface area contributed by atoms with Crippen LogP contribution < -0.4 is 0 Å². The quantitative estimate of drug-likeness (QED) is 0.493. The van der Waals surface area contributed by atoms with Crippen LogP contribution in [0.2, 0.25) is 0 Å². The second-order valence-corrected chi connectivity index (χ2v) is 8.82. The third-order valence-corrected chi connectivity index (χ3v) is 6.89. The number of nitrogens with zero attached hydrogens (tertiary/aromatic N) is 2. The lowest BCUT2D eigenvalue weighted by Gasteiger charge is -2.23. The molecule has 2 aromatic carbocycles. The van der Waals surface area contributed by atoms with Crippen molar-refractivity contribution in [2.75, 3.05) is 5.75 Å². The molecule has 0 aliphatic carbocycles. The lowest BCUT2D eigenvalue weighted by Crippen LogP contribution is -2.35. The average molecular weight is 423 g/mol. The predicted octanol–water partition coefficient (Wildman–Crippen LogP) is 4.75. The summed E-state index contributed by atoms with van der Waals surface area (Å²) in [5.74, 6) is 0.111. The zero-order valence-corrected chi connectivity index (χ0v) is 17.6. The van der Waals surface area contributed by atoms with Gasteiger partial charge < -0.3 is 14.9 Å². The summed E-state index contributed by atoms with van der Waals surface area (Å²) in [5.41, 5.74) is 2.25. The number of hydrogen-bond donors (Lipinski definition) is 1. The normalized spacial score (nSPS) is 22.0. The molecule has 156 valence electrons. The first-order valence-corrected chi connectivity index (χ1v) is 11.3. The summed E-state index contributed by atoms with van der Waals surface area (Å²) in [7, 11) is 0. The minimum Gasteiger partial charge on any atom is -0.481 e. The van der Waals surface area contributed by atoms with E-state index in [1.807, 2.05) is 46.2 Å². The highest BCUT2D eigenvalue weighted by molar-refractivity contribution is 8.03. The number of hydrogen-bond acceptors (Lipinski definition) is 3. The van der Waals surface area contributed by atoms with Gasteiger partial charge in [0.15, 0.2) is 0 Å². The molecule has 0 aromatic heterocycles. The standard InChI is InChI=1S/C24H26N2O3S/c27-22(28)14-8-7-13-21-23-20(17-30-21)25(15-18-9-3-1-4-10-18)24(29)26(23)16-19-11-5-2-6-12-19/h1-6,9-13,20,23H,7-8,14-17H2,(H,27,28)/t20-,23-/m1/s1. The molecule has 2 atom stereocenters. The topological polar surface area (TPSA) is 60.9 Å². The summed E-state index contributed by atoms with van der Waals surface area (Å²) in [6.07, 6.45) is 3.67. The number of carboxylic acid groups (broad SMARTS) is 1. The Morgan fingerprint density at radius 2 is 1.60 bits per heavy atom. The third-order valence-electron chi connectivity index (χ3n) is 5.64. The molecule has 2 aliphatic heterocycles. The van der Waals surface area contributed by atoms with Gasteiger partial charge >= 0.3 is 12.0 Å². The Kier molecular flexibility index (Phi) is 6.43. The van der Waals surface area contributed by atoms with Crippen LogP contribution in [-0.4, -0.2) is 44.7 Å². The fraction of sp³-hybridized carbons (Fsp3) is 0.333. The molecule has 0 unspecified atom stereocenters. The Labute approximate surface area is 181 Å². The molecule has 6 heteroatoms. The summed E-state index contributed by atoms with van der Waals surface area (Å²) in [5, 5.41) is 8.89. The van der Waals surface area contributed by atoms with Crippen LogP contribution in [0, 0.1) is 0 Å². The summed E-state index contributed by atoms with van der Waals surface area (Å²) < 4.78 is 0. The first kappa shape index (κ1) is 20.5. The van der Waals surface area contributed by atoms with Crippen molar-refractivity contribution in [3.8, 4) is 0 Å². The summed E-state index contributed by atoms with van der Waals surface area (Å²) in [4.78, 5) is 29.4. The van der Waals surface area contributed by atoms with Crippen LogP contribution >= 0.6 is 11.8 Å². The number of amides is 2. The minimum absolute atomic E-state index is 0.0382. The van der Waals surface area contributed by atoms with Crippen LogP contribution in [0.3, 0.4) is 0 Å². The van der Waals surface area contributed by atoms with Gasteiger partial charge in [-0.25, -0.2) is 4.79 Å². The number of allylic oxidation sites excluding steroid dienone is 1. The third kappa shape index (κ3) is 4.54. The van der Waals surface area contributed by atoms with Gasteiger partial charge in [-0.2, -0.15) is 0 Å². The van der Waals surface area contributed by atoms with Crippen LogP contribution in [-0.2, 0) is 17.9 Å². The number of benzene rings is 2. The van der Waals surface area contributed by atoms with E-state index < -0.39 is 5.97 Å². The van der Waals surface area contributed by atoms with Crippen LogP contribution in [0.1, 0.15) is 30.4 Å². The van der Waals surface area contributed by atoms with E-state index in [1.165, 1.54) is 4.91 Å². The number of urea groups is 1. The highest BCUT2D eigenvalue weighted by atomic mass is 32.2. The number of fused-ring (bicyclic) bond motifs is 1. The fourth-order valence-corrected chi connectivity index (χ4v) is 5.60. The van der Waals surface area contributed by atoms with E-state index in [-0.39, 0.29) is 24.5 Å². The van der Waals surface area contributed by atoms with E-state index in [0.717, 1.165) is 23.3 Å². The van der Waals surface area contributed by atoms with Crippen molar-refractivity contribution in [3.63, 3.8) is 0 Å². The van der Waals surface area contributed by atoms with Crippen LogP contribution in [0.4, 0.5) is 4.79 Å². The summed E-state index contributed by atoms with van der Waals surface area (Å²) >= 11 is 1.80. The molecule has 30 heavy (non-hydrogen) atoms. The van der Waals surface area contributed by atoms with Gasteiger partial charge in [-0.05, 0) is 24.0 Å². The number of carboxylic acids is 1. The van der Waals surface area contributed by atoms with Crippen molar-refractivity contribution >= 4 is 23.8 Å². The van der Waals surface area contributed by atoms with E-state index in [2.05, 4.69) is 30.3 Å². The second-order valence-electron chi connectivity index (χ2n) is 7.73. The van der Waals surface area contributed by atoms with Gasteiger partial charge in [-0.1, -0.05) is 66.7 Å². The maximum absolute atomic E-state index is 13.4. The largest absolute Gasteiger partial charge is 0.481 e. The van der Waals surface area contributed by atoms with Gasteiger partial charge in [0.1, 0.15) is 0 Å². The lowest BCUT2D eigenvalue weighted by molar-refractivity contribution is -0.137. The molecule has 2 amide bonds. The maximum atomic E-state index is 13.4. The predicted molar refractivity (Wildman–Crippen MR) is 119 cm³/mol. The van der Waals surface area contributed by atoms with Crippen molar-refractivity contribution in [1.82, 2.24) is 9.80 Å². The molecule has 5 nitrogen and oxygen atoms in total. The molecule has 0 radical (unpaired) electrons. The van der Waals surface area contributed by atoms with Gasteiger partial charge in [0.2, 0.25) is 0 Å². The number of rotatable bonds is 8.